The summed E-state index contributed by atoms with van der Waals surface area (Å²) >= 11 is 13.0. The molecule has 13 heteroatoms. The van der Waals surface area contributed by atoms with Crippen LogP contribution in [-0.2, 0) is 10.9 Å². The van der Waals surface area contributed by atoms with Crippen LogP contribution in [0.4, 0.5) is 28.2 Å². The summed E-state index contributed by atoms with van der Waals surface area (Å²) in [4.78, 5) is 22.2. The van der Waals surface area contributed by atoms with Crippen molar-refractivity contribution >= 4 is 56.7 Å². The van der Waals surface area contributed by atoms with Crippen LogP contribution < -0.4 is 4.90 Å². The Hall–Kier alpha value is -2.89. The maximum absolute atomic E-state index is 13.7. The molecule has 0 radical (unpaired) electrons. The highest BCUT2D eigenvalue weighted by molar-refractivity contribution is 7.16. The summed E-state index contributed by atoms with van der Waals surface area (Å²) in [5.74, 6) is -0.704. The summed E-state index contributed by atoms with van der Waals surface area (Å²) in [5, 5.41) is 1.31. The van der Waals surface area contributed by atoms with Gasteiger partial charge < -0.3 is 9.30 Å². The fraction of sp³-hybridized carbons (Fsp3) is 0.150. The number of aromatic nitrogens is 3. The fourth-order valence-corrected chi connectivity index (χ4v) is 4.74. The van der Waals surface area contributed by atoms with E-state index in [1.54, 1.807) is 0 Å². The Bertz CT molecular complexity index is 1400. The Labute approximate surface area is 196 Å². The van der Waals surface area contributed by atoms with Crippen molar-refractivity contribution in [3.05, 3.63) is 69.3 Å². The standard InChI is InChI=1S/C20H10Cl2F4N4O2S/c21-12-5-9(1-2-13(12)23)29-7-15(22)27-17(29)14-8-32-19(31)30(14)16-6-11(20(24,25)26)10-3-4-33-18(10)28-16/h1-7,14H,8H2/t14-/m0/s1. The lowest BCUT2D eigenvalue weighted by Gasteiger charge is -2.22. The molecule has 0 bridgehead atoms. The number of hydrogen-bond acceptors (Lipinski definition) is 5. The Morgan fingerprint density at radius 2 is 1.94 bits per heavy atom. The summed E-state index contributed by atoms with van der Waals surface area (Å²) in [6, 6.07) is 5.06. The van der Waals surface area contributed by atoms with Crippen LogP contribution in [-0.4, -0.2) is 27.2 Å². The molecule has 1 saturated heterocycles. The molecule has 1 aliphatic rings. The minimum absolute atomic E-state index is 0.0439. The van der Waals surface area contributed by atoms with Crippen molar-refractivity contribution < 1.29 is 27.1 Å². The van der Waals surface area contributed by atoms with Crippen LogP contribution in [0.25, 0.3) is 15.9 Å². The van der Waals surface area contributed by atoms with Crippen LogP contribution in [0.1, 0.15) is 17.4 Å². The Morgan fingerprint density at radius 3 is 2.67 bits per heavy atom. The number of alkyl halides is 3. The highest BCUT2D eigenvalue weighted by Crippen LogP contribution is 2.41. The largest absolute Gasteiger partial charge is 0.446 e. The van der Waals surface area contributed by atoms with Crippen molar-refractivity contribution in [2.45, 2.75) is 12.2 Å². The number of fused-ring (bicyclic) bond motifs is 1. The monoisotopic (exact) mass is 516 g/mol. The number of carbonyl (C=O) groups excluding carboxylic acids is 1. The number of carbonyl (C=O) groups is 1. The zero-order valence-electron chi connectivity index (χ0n) is 16.1. The number of rotatable bonds is 3. The molecule has 0 unspecified atom stereocenters. The van der Waals surface area contributed by atoms with E-state index in [-0.39, 0.29) is 38.6 Å². The molecule has 1 aliphatic heterocycles. The summed E-state index contributed by atoms with van der Waals surface area (Å²) in [6.45, 7) is -0.216. The van der Waals surface area contributed by atoms with Gasteiger partial charge in [0.25, 0.3) is 0 Å². The number of thiophene rings is 1. The SMILES string of the molecule is O=C1OC[C@@H](c2nc(Cl)cn2-c2ccc(F)c(Cl)c2)N1c1cc(C(F)(F)F)c2ccsc2n1. The van der Waals surface area contributed by atoms with Gasteiger partial charge in [-0.3, -0.25) is 0 Å². The molecular weight excluding hydrogens is 507 g/mol. The van der Waals surface area contributed by atoms with Gasteiger partial charge in [-0.25, -0.2) is 24.1 Å². The second-order valence-electron chi connectivity index (χ2n) is 7.02. The predicted octanol–water partition coefficient (Wildman–Crippen LogP) is 6.64. The number of nitrogens with zero attached hydrogens (tertiary/aromatic N) is 4. The first kappa shape index (κ1) is 21.9. The topological polar surface area (TPSA) is 60.2 Å². The maximum atomic E-state index is 13.7. The molecule has 0 aliphatic carbocycles. The second kappa shape index (κ2) is 7.86. The summed E-state index contributed by atoms with van der Waals surface area (Å²) in [7, 11) is 0. The van der Waals surface area contributed by atoms with Crippen LogP contribution in [0.15, 0.2) is 41.9 Å². The maximum Gasteiger partial charge on any atom is 0.417 e. The lowest BCUT2D eigenvalue weighted by molar-refractivity contribution is -0.136. The van der Waals surface area contributed by atoms with Gasteiger partial charge >= 0.3 is 12.3 Å². The van der Waals surface area contributed by atoms with E-state index in [4.69, 9.17) is 27.9 Å². The van der Waals surface area contributed by atoms with Crippen LogP contribution in [0, 0.1) is 5.82 Å². The van der Waals surface area contributed by atoms with Gasteiger partial charge in [-0.2, -0.15) is 13.2 Å². The molecule has 170 valence electrons. The molecule has 33 heavy (non-hydrogen) atoms. The highest BCUT2D eigenvalue weighted by Gasteiger charge is 2.42. The molecule has 4 heterocycles. The van der Waals surface area contributed by atoms with E-state index in [1.807, 2.05) is 0 Å². The smallest absolute Gasteiger partial charge is 0.417 e. The molecule has 0 saturated carbocycles. The van der Waals surface area contributed by atoms with E-state index in [0.29, 0.717) is 5.69 Å². The van der Waals surface area contributed by atoms with E-state index < -0.39 is 29.7 Å². The van der Waals surface area contributed by atoms with Crippen LogP contribution in [0.2, 0.25) is 10.2 Å². The molecular formula is C20H10Cl2F4N4O2S. The lowest BCUT2D eigenvalue weighted by Crippen LogP contribution is -2.30. The number of cyclic esters (lactones) is 1. The van der Waals surface area contributed by atoms with Crippen molar-refractivity contribution in [1.29, 1.82) is 0 Å². The van der Waals surface area contributed by atoms with Crippen molar-refractivity contribution in [3.8, 4) is 5.69 Å². The van der Waals surface area contributed by atoms with Gasteiger partial charge in [0.15, 0.2) is 0 Å². The van der Waals surface area contributed by atoms with Crippen molar-refractivity contribution in [1.82, 2.24) is 14.5 Å². The van der Waals surface area contributed by atoms with Crippen molar-refractivity contribution in [2.24, 2.45) is 0 Å². The number of anilines is 1. The number of amides is 1. The normalized spacial score (nSPS) is 16.6. The predicted molar refractivity (Wildman–Crippen MR) is 115 cm³/mol. The van der Waals surface area contributed by atoms with E-state index in [0.717, 1.165) is 28.4 Å². The Balaban J connectivity index is 1.65. The molecule has 6 nitrogen and oxygen atoms in total. The van der Waals surface area contributed by atoms with Gasteiger partial charge in [-0.05, 0) is 35.7 Å². The van der Waals surface area contributed by atoms with Gasteiger partial charge in [0.2, 0.25) is 0 Å². The third-order valence-corrected chi connectivity index (χ3v) is 6.31. The molecule has 4 aromatic rings. The molecule has 1 fully saturated rings. The fourth-order valence-electron chi connectivity index (χ4n) is 3.60. The van der Waals surface area contributed by atoms with Gasteiger partial charge in [0.1, 0.15) is 40.1 Å². The van der Waals surface area contributed by atoms with Gasteiger partial charge in [0, 0.05) is 17.3 Å². The third-order valence-electron chi connectivity index (χ3n) is 5.03. The number of hydrogen-bond donors (Lipinski definition) is 0. The summed E-state index contributed by atoms with van der Waals surface area (Å²) in [5.41, 5.74) is -0.540. The van der Waals surface area contributed by atoms with Gasteiger partial charge in [0.05, 0.1) is 10.6 Å². The summed E-state index contributed by atoms with van der Waals surface area (Å²) in [6.07, 6.45) is -4.14. The average molecular weight is 517 g/mol. The third kappa shape index (κ3) is 3.79. The van der Waals surface area contributed by atoms with Crippen molar-refractivity contribution in [2.75, 3.05) is 11.5 Å². The first-order valence-electron chi connectivity index (χ1n) is 9.25. The second-order valence-corrected chi connectivity index (χ2v) is 8.71. The first-order valence-corrected chi connectivity index (χ1v) is 10.9. The van der Waals surface area contributed by atoms with Crippen LogP contribution >= 0.6 is 34.5 Å². The number of halogens is 6. The molecule has 5 rings (SSSR count). The minimum Gasteiger partial charge on any atom is -0.446 e. The zero-order chi connectivity index (χ0) is 23.5. The number of ether oxygens (including phenoxy) is 1. The van der Waals surface area contributed by atoms with E-state index in [1.165, 1.54) is 34.3 Å². The molecule has 1 aromatic carbocycles. The Morgan fingerprint density at radius 1 is 1.15 bits per heavy atom. The first-order chi connectivity index (χ1) is 15.6. The Kier molecular flexibility index (Phi) is 5.22. The van der Waals surface area contributed by atoms with E-state index >= 15 is 0 Å². The van der Waals surface area contributed by atoms with Gasteiger partial charge in [-0.1, -0.05) is 23.2 Å². The van der Waals surface area contributed by atoms with Crippen LogP contribution in [0.5, 0.6) is 0 Å². The molecule has 0 N–H and O–H groups in total. The van der Waals surface area contributed by atoms with Gasteiger partial charge in [-0.15, -0.1) is 11.3 Å². The van der Waals surface area contributed by atoms with Crippen molar-refractivity contribution in [3.63, 3.8) is 0 Å². The van der Waals surface area contributed by atoms with Crippen LogP contribution in [0.3, 0.4) is 0 Å². The molecule has 3 aromatic heterocycles. The molecule has 1 amide bonds. The number of benzene rings is 1. The quantitative estimate of drug-likeness (QED) is 0.286. The number of pyridine rings is 1. The average Bonchev–Trinajstić information content (AvgIpc) is 3.46. The minimum atomic E-state index is -4.66. The molecule has 1 atom stereocenters. The lowest BCUT2D eigenvalue weighted by atomic mass is 10.1. The number of imidazole rings is 1. The zero-order valence-corrected chi connectivity index (χ0v) is 18.4. The highest BCUT2D eigenvalue weighted by atomic mass is 35.5. The molecule has 0 spiro atoms. The summed E-state index contributed by atoms with van der Waals surface area (Å²) < 4.78 is 61.3. The van der Waals surface area contributed by atoms with E-state index in [9.17, 15) is 22.4 Å². The van der Waals surface area contributed by atoms with E-state index in [2.05, 4.69) is 9.97 Å².